The van der Waals surface area contributed by atoms with E-state index in [9.17, 15) is 9.59 Å². The van der Waals surface area contributed by atoms with Gasteiger partial charge in [0, 0.05) is 68.2 Å². The molecule has 4 aromatic rings. The Bertz CT molecular complexity index is 1790. The minimum Gasteiger partial charge on any atom is -0.382 e. The van der Waals surface area contributed by atoms with E-state index in [0.29, 0.717) is 30.7 Å². The molecular formula is C44H51N5O2. The molecule has 1 aliphatic carbocycles. The number of hydrogen-bond donors (Lipinski definition) is 3. The highest BCUT2D eigenvalue weighted by molar-refractivity contribution is 6.01. The number of piperidine rings is 3. The van der Waals surface area contributed by atoms with E-state index in [1.54, 1.807) is 0 Å². The van der Waals surface area contributed by atoms with Gasteiger partial charge in [0.2, 0.25) is 11.8 Å². The standard InChI is InChI=1S/C44H51N5O2/c50-42-20-19-41(44(51)47-42)46-37-11-6-10-36(29-37)45-35-23-25-48(26-24-35)30-31-21-27-49(28-22-31)38-16-13-34(14-17-38)43-39-12-5-4-9-33(39)15-18-40(43)32-7-2-1-3-8-32/h1-14,16-17,29,31,35,40-41,43,45-46H,15,18-28,30H2,(H,47,50,51). The van der Waals surface area contributed by atoms with Crippen molar-refractivity contribution in [3.63, 3.8) is 0 Å². The van der Waals surface area contributed by atoms with Gasteiger partial charge >= 0.3 is 0 Å². The number of anilines is 3. The molecule has 264 valence electrons. The number of hydrogen-bond acceptors (Lipinski definition) is 6. The summed E-state index contributed by atoms with van der Waals surface area (Å²) in [5, 5.41) is 9.47. The summed E-state index contributed by atoms with van der Waals surface area (Å²) in [6.07, 6.45) is 8.00. The van der Waals surface area contributed by atoms with E-state index < -0.39 is 0 Å². The van der Waals surface area contributed by atoms with Crippen molar-refractivity contribution in [2.45, 2.75) is 75.3 Å². The third-order valence-electron chi connectivity index (χ3n) is 11.9. The molecule has 3 N–H and O–H groups in total. The summed E-state index contributed by atoms with van der Waals surface area (Å²) >= 11 is 0. The topological polar surface area (TPSA) is 76.7 Å². The van der Waals surface area contributed by atoms with Crippen LogP contribution in [0.3, 0.4) is 0 Å². The molecule has 7 heteroatoms. The lowest BCUT2D eigenvalue weighted by Crippen LogP contribution is -2.47. The molecule has 3 atom stereocenters. The number of benzene rings is 4. The minimum atomic E-state index is -0.369. The number of carbonyl (C=O) groups is 2. The Morgan fingerprint density at radius 2 is 1.37 bits per heavy atom. The third kappa shape index (κ3) is 7.84. The van der Waals surface area contributed by atoms with E-state index >= 15 is 0 Å². The molecule has 4 aliphatic rings. The summed E-state index contributed by atoms with van der Waals surface area (Å²) in [5.74, 6) is 1.22. The number of imide groups is 1. The first-order valence-electron chi connectivity index (χ1n) is 19.2. The van der Waals surface area contributed by atoms with Gasteiger partial charge in [0.15, 0.2) is 0 Å². The summed E-state index contributed by atoms with van der Waals surface area (Å²) in [5.41, 5.74) is 9.23. The number of likely N-dealkylation sites (tertiary alicyclic amines) is 1. The number of carbonyl (C=O) groups excluding carboxylic acids is 2. The predicted octanol–water partition coefficient (Wildman–Crippen LogP) is 7.56. The Morgan fingerprint density at radius 3 is 2.14 bits per heavy atom. The maximum Gasteiger partial charge on any atom is 0.249 e. The van der Waals surface area contributed by atoms with Crippen molar-refractivity contribution in [1.82, 2.24) is 10.2 Å². The fraction of sp³-hybridized carbons (Fsp3) is 0.409. The first-order chi connectivity index (χ1) is 25.1. The third-order valence-corrected chi connectivity index (χ3v) is 11.9. The fourth-order valence-electron chi connectivity index (χ4n) is 9.09. The Hall–Kier alpha value is -4.62. The van der Waals surface area contributed by atoms with Crippen LogP contribution >= 0.6 is 0 Å². The fourth-order valence-corrected chi connectivity index (χ4v) is 9.09. The van der Waals surface area contributed by atoms with E-state index in [1.165, 1.54) is 53.7 Å². The van der Waals surface area contributed by atoms with E-state index in [1.807, 2.05) is 12.1 Å². The number of rotatable bonds is 9. The molecule has 3 unspecified atom stereocenters. The van der Waals surface area contributed by atoms with E-state index in [0.717, 1.165) is 62.7 Å². The summed E-state index contributed by atoms with van der Waals surface area (Å²) < 4.78 is 0. The molecule has 0 spiro atoms. The van der Waals surface area contributed by atoms with E-state index in [4.69, 9.17) is 0 Å². The van der Waals surface area contributed by atoms with Crippen molar-refractivity contribution in [2.24, 2.45) is 5.92 Å². The number of amides is 2. The van der Waals surface area contributed by atoms with Crippen LogP contribution in [0, 0.1) is 5.92 Å². The molecule has 0 radical (unpaired) electrons. The van der Waals surface area contributed by atoms with Gasteiger partial charge in [0.25, 0.3) is 0 Å². The van der Waals surface area contributed by atoms with Crippen molar-refractivity contribution >= 4 is 28.9 Å². The Morgan fingerprint density at radius 1 is 0.647 bits per heavy atom. The molecule has 2 amide bonds. The second kappa shape index (κ2) is 15.3. The Kier molecular flexibility index (Phi) is 10.1. The number of nitrogens with one attached hydrogen (secondary N) is 3. The first-order valence-corrected chi connectivity index (χ1v) is 19.2. The van der Waals surface area contributed by atoms with Crippen LogP contribution < -0.4 is 20.9 Å². The highest BCUT2D eigenvalue weighted by Gasteiger charge is 2.32. The lowest BCUT2D eigenvalue weighted by atomic mass is 9.69. The zero-order valence-electron chi connectivity index (χ0n) is 29.6. The average Bonchev–Trinajstić information content (AvgIpc) is 3.17. The van der Waals surface area contributed by atoms with Crippen LogP contribution in [0.4, 0.5) is 17.1 Å². The second-order valence-electron chi connectivity index (χ2n) is 15.2. The lowest BCUT2D eigenvalue weighted by molar-refractivity contribution is -0.133. The van der Waals surface area contributed by atoms with Gasteiger partial charge in [-0.3, -0.25) is 14.9 Å². The Balaban J connectivity index is 0.811. The molecule has 0 bridgehead atoms. The van der Waals surface area contributed by atoms with Crippen molar-refractivity contribution in [3.05, 3.63) is 125 Å². The monoisotopic (exact) mass is 681 g/mol. The zero-order chi connectivity index (χ0) is 34.6. The van der Waals surface area contributed by atoms with Crippen LogP contribution in [-0.4, -0.2) is 61.5 Å². The van der Waals surface area contributed by atoms with Crippen molar-refractivity contribution in [1.29, 1.82) is 0 Å². The van der Waals surface area contributed by atoms with Gasteiger partial charge in [-0.25, -0.2) is 0 Å². The highest BCUT2D eigenvalue weighted by Crippen LogP contribution is 2.46. The van der Waals surface area contributed by atoms with Crippen molar-refractivity contribution < 1.29 is 9.59 Å². The molecule has 4 aromatic carbocycles. The van der Waals surface area contributed by atoms with Crippen LogP contribution in [0.2, 0.25) is 0 Å². The summed E-state index contributed by atoms with van der Waals surface area (Å²) in [4.78, 5) is 29.0. The van der Waals surface area contributed by atoms with Crippen LogP contribution in [0.1, 0.15) is 79.0 Å². The number of nitrogens with zero attached hydrogens (tertiary/aromatic N) is 2. The molecule has 8 rings (SSSR count). The quantitative estimate of drug-likeness (QED) is 0.158. The Labute approximate surface area is 302 Å². The first kappa shape index (κ1) is 33.5. The molecule has 7 nitrogen and oxygen atoms in total. The number of fused-ring (bicyclic) bond motifs is 1. The maximum atomic E-state index is 12.2. The highest BCUT2D eigenvalue weighted by atomic mass is 16.2. The molecule has 0 aromatic heterocycles. The average molecular weight is 682 g/mol. The zero-order valence-corrected chi connectivity index (χ0v) is 29.6. The van der Waals surface area contributed by atoms with Crippen molar-refractivity contribution in [3.8, 4) is 0 Å². The summed E-state index contributed by atoms with van der Waals surface area (Å²) in [6.45, 7) is 5.71. The predicted molar refractivity (Wildman–Crippen MR) is 206 cm³/mol. The molecule has 3 saturated heterocycles. The van der Waals surface area contributed by atoms with E-state index in [2.05, 4.69) is 117 Å². The van der Waals surface area contributed by atoms with Gasteiger partial charge < -0.3 is 20.4 Å². The second-order valence-corrected chi connectivity index (χ2v) is 15.2. The van der Waals surface area contributed by atoms with Crippen LogP contribution in [0.5, 0.6) is 0 Å². The lowest BCUT2D eigenvalue weighted by Gasteiger charge is -2.39. The van der Waals surface area contributed by atoms with Crippen molar-refractivity contribution in [2.75, 3.05) is 48.3 Å². The van der Waals surface area contributed by atoms with Gasteiger partial charge in [-0.2, -0.15) is 0 Å². The SMILES string of the molecule is O=C1CCC(Nc2cccc(NC3CCN(CC4CCN(c5ccc(C6c7ccccc7CCC6c6ccccc6)cc5)CC4)CC3)c2)C(=O)N1. The summed E-state index contributed by atoms with van der Waals surface area (Å²) in [7, 11) is 0. The van der Waals surface area contributed by atoms with Gasteiger partial charge in [-0.05, 0) is 109 Å². The van der Waals surface area contributed by atoms with Crippen LogP contribution in [0.25, 0.3) is 0 Å². The van der Waals surface area contributed by atoms with Gasteiger partial charge in [-0.15, -0.1) is 0 Å². The van der Waals surface area contributed by atoms with E-state index in [-0.39, 0.29) is 17.9 Å². The largest absolute Gasteiger partial charge is 0.382 e. The van der Waals surface area contributed by atoms with Crippen LogP contribution in [0.15, 0.2) is 103 Å². The molecule has 3 heterocycles. The molecule has 3 aliphatic heterocycles. The number of aryl methyl sites for hydroxylation is 1. The van der Waals surface area contributed by atoms with Crippen LogP contribution in [-0.2, 0) is 16.0 Å². The minimum absolute atomic E-state index is 0.189. The summed E-state index contributed by atoms with van der Waals surface area (Å²) in [6, 6.07) is 38.1. The molecule has 0 saturated carbocycles. The maximum absolute atomic E-state index is 12.2. The van der Waals surface area contributed by atoms with Gasteiger partial charge in [-0.1, -0.05) is 72.8 Å². The normalized spacial score (nSPS) is 23.4. The van der Waals surface area contributed by atoms with Gasteiger partial charge in [0.05, 0.1) is 0 Å². The molecule has 3 fully saturated rings. The molecule has 51 heavy (non-hydrogen) atoms. The molecular weight excluding hydrogens is 631 g/mol. The smallest absolute Gasteiger partial charge is 0.249 e. The van der Waals surface area contributed by atoms with Gasteiger partial charge in [0.1, 0.15) is 6.04 Å².